The van der Waals surface area contributed by atoms with Crippen molar-refractivity contribution in [2.24, 2.45) is 5.73 Å². The monoisotopic (exact) mass is 460 g/mol. The number of rotatable bonds is 3. The molecule has 0 saturated heterocycles. The first-order valence-corrected chi connectivity index (χ1v) is 10.2. The van der Waals surface area contributed by atoms with Gasteiger partial charge in [-0.15, -0.1) is 11.3 Å². The number of benzene rings is 1. The predicted molar refractivity (Wildman–Crippen MR) is 112 cm³/mol. The van der Waals surface area contributed by atoms with E-state index in [1.165, 1.54) is 17.4 Å². The Balaban J connectivity index is 1.71. The van der Waals surface area contributed by atoms with Gasteiger partial charge in [0, 0.05) is 33.9 Å². The smallest absolute Gasteiger partial charge is 0.275 e. The lowest BCUT2D eigenvalue weighted by molar-refractivity contribution is 0.1000. The SMILES string of the molecule is CN1CCc2c(sc(NC(=O)c3cc(O)c4ccc(Br)cc4n3)c2C(N)=O)C1. The number of hydrogen-bond acceptors (Lipinski definition) is 6. The number of hydrogen-bond donors (Lipinski definition) is 3. The summed E-state index contributed by atoms with van der Waals surface area (Å²) in [4.78, 5) is 32.3. The van der Waals surface area contributed by atoms with E-state index in [1.54, 1.807) is 18.2 Å². The third kappa shape index (κ3) is 3.36. The summed E-state index contributed by atoms with van der Waals surface area (Å²) in [7, 11) is 2.00. The second-order valence-electron chi connectivity index (χ2n) is 6.70. The standard InChI is InChI=1S/C19H17BrN4O3S/c1-24-5-4-11-15(8-24)28-19(16(11)17(21)26)23-18(27)13-7-14(25)10-3-2-9(20)6-12(10)22-13/h2-3,6-7H,4-5,8H2,1H3,(H2,21,26)(H,22,25)(H,23,27). The molecule has 0 fully saturated rings. The molecule has 9 heteroatoms. The highest BCUT2D eigenvalue weighted by atomic mass is 79.9. The number of primary amides is 1. The summed E-state index contributed by atoms with van der Waals surface area (Å²) >= 11 is 4.71. The highest BCUT2D eigenvalue weighted by molar-refractivity contribution is 9.10. The maximum Gasteiger partial charge on any atom is 0.275 e. The van der Waals surface area contributed by atoms with E-state index in [0.29, 0.717) is 34.4 Å². The van der Waals surface area contributed by atoms with Gasteiger partial charge in [-0.2, -0.15) is 0 Å². The van der Waals surface area contributed by atoms with Crippen molar-refractivity contribution in [1.82, 2.24) is 9.88 Å². The molecule has 1 aliphatic rings. The number of aromatic nitrogens is 1. The lowest BCUT2D eigenvalue weighted by Gasteiger charge is -2.22. The van der Waals surface area contributed by atoms with E-state index in [1.807, 2.05) is 7.05 Å². The molecule has 0 saturated carbocycles. The van der Waals surface area contributed by atoms with Crippen LogP contribution in [0.15, 0.2) is 28.7 Å². The zero-order chi connectivity index (χ0) is 20.0. The van der Waals surface area contributed by atoms with Crippen LogP contribution in [-0.2, 0) is 13.0 Å². The van der Waals surface area contributed by atoms with Gasteiger partial charge in [0.15, 0.2) is 0 Å². The molecule has 3 aromatic rings. The zero-order valence-electron chi connectivity index (χ0n) is 15.0. The number of amides is 2. The van der Waals surface area contributed by atoms with Gasteiger partial charge in [-0.05, 0) is 37.2 Å². The van der Waals surface area contributed by atoms with Crippen molar-refractivity contribution >= 4 is 55.0 Å². The van der Waals surface area contributed by atoms with E-state index < -0.39 is 11.8 Å². The number of carbonyl (C=O) groups is 2. The molecule has 0 unspecified atom stereocenters. The number of halogens is 1. The summed E-state index contributed by atoms with van der Waals surface area (Å²) in [6.45, 7) is 1.53. The van der Waals surface area contributed by atoms with Crippen LogP contribution in [0, 0.1) is 0 Å². The molecule has 2 aromatic heterocycles. The molecule has 2 amide bonds. The van der Waals surface area contributed by atoms with Crippen LogP contribution in [0.2, 0.25) is 0 Å². The van der Waals surface area contributed by atoms with Crippen LogP contribution in [0.4, 0.5) is 5.00 Å². The number of nitrogens with one attached hydrogen (secondary N) is 1. The molecule has 0 bridgehead atoms. The third-order valence-electron chi connectivity index (χ3n) is 4.70. The van der Waals surface area contributed by atoms with Crippen molar-refractivity contribution in [2.45, 2.75) is 13.0 Å². The molecule has 0 aliphatic carbocycles. The molecule has 0 radical (unpaired) electrons. The molecule has 1 aliphatic heterocycles. The Morgan fingerprint density at radius 1 is 1.36 bits per heavy atom. The molecule has 1 aromatic carbocycles. The number of nitrogens with two attached hydrogens (primary N) is 1. The van der Waals surface area contributed by atoms with Gasteiger partial charge in [0.05, 0.1) is 11.1 Å². The average Bonchev–Trinajstić information content (AvgIpc) is 2.98. The molecular weight excluding hydrogens is 444 g/mol. The van der Waals surface area contributed by atoms with E-state index in [-0.39, 0.29) is 11.4 Å². The van der Waals surface area contributed by atoms with Crippen molar-refractivity contribution in [1.29, 1.82) is 0 Å². The Hall–Kier alpha value is -2.49. The van der Waals surface area contributed by atoms with Crippen molar-refractivity contribution in [3.8, 4) is 5.75 Å². The Morgan fingerprint density at radius 3 is 2.89 bits per heavy atom. The Morgan fingerprint density at radius 2 is 2.14 bits per heavy atom. The van der Waals surface area contributed by atoms with Crippen LogP contribution >= 0.6 is 27.3 Å². The van der Waals surface area contributed by atoms with E-state index >= 15 is 0 Å². The van der Waals surface area contributed by atoms with Gasteiger partial charge in [0.25, 0.3) is 11.8 Å². The fourth-order valence-corrected chi connectivity index (χ4v) is 5.02. The third-order valence-corrected chi connectivity index (χ3v) is 6.33. The number of pyridine rings is 1. The number of nitrogens with zero attached hydrogens (tertiary/aromatic N) is 2. The summed E-state index contributed by atoms with van der Waals surface area (Å²) < 4.78 is 0.788. The molecule has 3 heterocycles. The number of thiophene rings is 1. The number of anilines is 1. The van der Waals surface area contributed by atoms with E-state index in [4.69, 9.17) is 5.73 Å². The quantitative estimate of drug-likeness (QED) is 0.556. The lowest BCUT2D eigenvalue weighted by Crippen LogP contribution is -2.27. The first-order valence-electron chi connectivity index (χ1n) is 8.57. The summed E-state index contributed by atoms with van der Waals surface area (Å²) in [5.41, 5.74) is 7.41. The molecular formula is C19H17BrN4O3S. The summed E-state index contributed by atoms with van der Waals surface area (Å²) in [5, 5.41) is 14.0. The number of fused-ring (bicyclic) bond motifs is 2. The van der Waals surface area contributed by atoms with Crippen molar-refractivity contribution in [3.63, 3.8) is 0 Å². The number of carbonyl (C=O) groups excluding carboxylic acids is 2. The fourth-order valence-electron chi connectivity index (χ4n) is 3.35. The Labute approximate surface area is 173 Å². The zero-order valence-corrected chi connectivity index (χ0v) is 17.4. The topological polar surface area (TPSA) is 109 Å². The van der Waals surface area contributed by atoms with Gasteiger partial charge in [-0.3, -0.25) is 9.59 Å². The summed E-state index contributed by atoms with van der Waals surface area (Å²) in [6.07, 6.45) is 0.708. The van der Waals surface area contributed by atoms with Gasteiger partial charge in [-0.1, -0.05) is 15.9 Å². The van der Waals surface area contributed by atoms with Gasteiger partial charge in [0.2, 0.25) is 0 Å². The molecule has 0 atom stereocenters. The van der Waals surface area contributed by atoms with Crippen LogP contribution in [-0.4, -0.2) is 40.4 Å². The van der Waals surface area contributed by atoms with Crippen LogP contribution in [0.1, 0.15) is 31.3 Å². The minimum Gasteiger partial charge on any atom is -0.507 e. The molecule has 0 spiro atoms. The predicted octanol–water partition coefficient (Wildman–Crippen LogP) is 3.10. The van der Waals surface area contributed by atoms with Crippen LogP contribution in [0.25, 0.3) is 10.9 Å². The van der Waals surface area contributed by atoms with Crippen LogP contribution in [0.3, 0.4) is 0 Å². The van der Waals surface area contributed by atoms with Gasteiger partial charge >= 0.3 is 0 Å². The van der Waals surface area contributed by atoms with Gasteiger partial charge in [0.1, 0.15) is 16.4 Å². The Bertz CT molecular complexity index is 1130. The number of likely N-dealkylation sites (N-methyl/N-ethyl adjacent to an activating group) is 1. The maximum atomic E-state index is 12.8. The average molecular weight is 461 g/mol. The second-order valence-corrected chi connectivity index (χ2v) is 8.72. The Kier molecular flexibility index (Phi) is 4.82. The molecule has 4 N–H and O–H groups in total. The van der Waals surface area contributed by atoms with Crippen LogP contribution in [0.5, 0.6) is 5.75 Å². The first-order chi connectivity index (χ1) is 13.3. The molecule has 28 heavy (non-hydrogen) atoms. The van der Waals surface area contributed by atoms with E-state index in [0.717, 1.165) is 21.5 Å². The molecule has 144 valence electrons. The maximum absolute atomic E-state index is 12.8. The lowest BCUT2D eigenvalue weighted by atomic mass is 10.0. The summed E-state index contributed by atoms with van der Waals surface area (Å²) in [6, 6.07) is 6.55. The van der Waals surface area contributed by atoms with Crippen LogP contribution < -0.4 is 11.1 Å². The minimum atomic E-state index is -0.560. The van der Waals surface area contributed by atoms with E-state index in [9.17, 15) is 14.7 Å². The summed E-state index contributed by atoms with van der Waals surface area (Å²) in [5.74, 6) is -1.10. The second kappa shape index (κ2) is 7.16. The van der Waals surface area contributed by atoms with Gasteiger partial charge in [-0.25, -0.2) is 4.98 Å². The number of aromatic hydroxyl groups is 1. The van der Waals surface area contributed by atoms with Gasteiger partial charge < -0.3 is 21.1 Å². The minimum absolute atomic E-state index is 0.0372. The van der Waals surface area contributed by atoms with Crippen molar-refractivity contribution in [3.05, 3.63) is 50.4 Å². The van der Waals surface area contributed by atoms with Crippen molar-refractivity contribution < 1.29 is 14.7 Å². The van der Waals surface area contributed by atoms with E-state index in [2.05, 4.69) is 31.1 Å². The highest BCUT2D eigenvalue weighted by Gasteiger charge is 2.27. The molecule has 7 nitrogen and oxygen atoms in total. The fraction of sp³-hybridized carbons (Fsp3) is 0.211. The largest absolute Gasteiger partial charge is 0.507 e. The first kappa shape index (κ1) is 18.9. The van der Waals surface area contributed by atoms with Crippen molar-refractivity contribution in [2.75, 3.05) is 18.9 Å². The molecule has 4 rings (SSSR count). The normalized spacial score (nSPS) is 14.1. The highest BCUT2D eigenvalue weighted by Crippen LogP contribution is 2.37.